The number of anilines is 1. The van der Waals surface area contributed by atoms with Crippen LogP contribution < -0.4 is 5.32 Å². The van der Waals surface area contributed by atoms with Crippen LogP contribution in [0.2, 0.25) is 0 Å². The van der Waals surface area contributed by atoms with E-state index in [1.807, 2.05) is 0 Å². The Labute approximate surface area is 180 Å². The van der Waals surface area contributed by atoms with Gasteiger partial charge in [0.1, 0.15) is 11.6 Å². The normalized spacial score (nSPS) is 13.6. The molecule has 0 saturated heterocycles. The lowest BCUT2D eigenvalue weighted by atomic mass is 10.0. The van der Waals surface area contributed by atoms with E-state index in [1.165, 1.54) is 30.3 Å². The van der Waals surface area contributed by atoms with Crippen LogP contribution in [0, 0.1) is 11.6 Å². The first-order valence-corrected chi connectivity index (χ1v) is 10.6. The molecule has 10 heteroatoms. The van der Waals surface area contributed by atoms with Gasteiger partial charge in [0.2, 0.25) is 9.84 Å². The summed E-state index contributed by atoms with van der Waals surface area (Å²) < 4.78 is 57.4. The van der Waals surface area contributed by atoms with E-state index >= 15 is 0 Å². The molecule has 1 heterocycles. The van der Waals surface area contributed by atoms with Gasteiger partial charge in [-0.15, -0.1) is 0 Å². The number of sulfone groups is 1. The van der Waals surface area contributed by atoms with E-state index in [9.17, 15) is 31.6 Å². The van der Waals surface area contributed by atoms with E-state index in [2.05, 4.69) is 5.32 Å². The molecule has 32 heavy (non-hydrogen) atoms. The maximum Gasteiger partial charge on any atom is 0.338 e. The molecule has 0 spiro atoms. The summed E-state index contributed by atoms with van der Waals surface area (Å²) in [7, 11) is -4.06. The van der Waals surface area contributed by atoms with Gasteiger partial charge in [-0.2, -0.15) is 0 Å². The van der Waals surface area contributed by atoms with Crippen LogP contribution in [0.4, 0.5) is 14.5 Å². The smallest absolute Gasteiger partial charge is 0.338 e. The number of halogens is 2. The zero-order valence-corrected chi connectivity index (χ0v) is 16.9. The molecule has 0 unspecified atom stereocenters. The van der Waals surface area contributed by atoms with Crippen molar-refractivity contribution in [3.63, 3.8) is 0 Å². The second-order valence-electron chi connectivity index (χ2n) is 6.79. The highest BCUT2D eigenvalue weighted by atomic mass is 32.2. The number of benzene rings is 3. The molecule has 0 saturated carbocycles. The Morgan fingerprint density at radius 2 is 1.62 bits per heavy atom. The van der Waals surface area contributed by atoms with Gasteiger partial charge in [-0.1, -0.05) is 12.1 Å². The number of hydrogen-bond donors (Lipinski definition) is 1. The van der Waals surface area contributed by atoms with Crippen LogP contribution in [-0.2, 0) is 19.4 Å². The third-order valence-electron chi connectivity index (χ3n) is 4.71. The number of rotatable bonds is 4. The predicted molar refractivity (Wildman–Crippen MR) is 107 cm³/mol. The molecule has 3 aromatic rings. The summed E-state index contributed by atoms with van der Waals surface area (Å²) in [6.45, 7) is -0.833. The van der Waals surface area contributed by atoms with Gasteiger partial charge in [0.15, 0.2) is 12.4 Å². The molecule has 1 aliphatic rings. The van der Waals surface area contributed by atoms with Crippen molar-refractivity contribution in [2.24, 2.45) is 0 Å². The number of carbonyl (C=O) groups excluding carboxylic acids is 3. The van der Waals surface area contributed by atoms with Crippen LogP contribution in [0.25, 0.3) is 0 Å². The van der Waals surface area contributed by atoms with E-state index in [0.717, 1.165) is 24.3 Å². The Morgan fingerprint density at radius 1 is 0.906 bits per heavy atom. The molecule has 0 bridgehead atoms. The van der Waals surface area contributed by atoms with Gasteiger partial charge in [-0.3, -0.25) is 9.59 Å². The summed E-state index contributed by atoms with van der Waals surface area (Å²) >= 11 is 0. The molecule has 0 aliphatic carbocycles. The van der Waals surface area contributed by atoms with E-state index in [1.54, 1.807) is 6.07 Å². The maximum atomic E-state index is 13.6. The first-order chi connectivity index (χ1) is 15.2. The number of hydrogen-bond acceptors (Lipinski definition) is 6. The number of nitrogens with one attached hydrogen (secondary N) is 1. The summed E-state index contributed by atoms with van der Waals surface area (Å²) in [5.74, 6) is -4.12. The van der Waals surface area contributed by atoms with Crippen molar-refractivity contribution in [1.29, 1.82) is 0 Å². The molecule has 4 rings (SSSR count). The largest absolute Gasteiger partial charge is 0.452 e. The molecular formula is C22H13F2NO6S. The first kappa shape index (κ1) is 21.3. The molecule has 1 N–H and O–H groups in total. The SMILES string of the molecule is O=C(COC(=O)c1ccc2c(c1)S(=O)(=O)c1ccccc1C2=O)Nc1cc(F)ccc1F. The highest BCUT2D eigenvalue weighted by Crippen LogP contribution is 2.34. The Hall–Kier alpha value is -3.92. The Balaban J connectivity index is 1.52. The third-order valence-corrected chi connectivity index (χ3v) is 6.56. The monoisotopic (exact) mass is 457 g/mol. The van der Waals surface area contributed by atoms with Gasteiger partial charge in [0.25, 0.3) is 5.91 Å². The molecule has 1 aliphatic heterocycles. The Kier molecular flexibility index (Phi) is 5.31. The van der Waals surface area contributed by atoms with Gasteiger partial charge in [-0.25, -0.2) is 22.0 Å². The molecular weight excluding hydrogens is 444 g/mol. The predicted octanol–water partition coefficient (Wildman–Crippen LogP) is 3.14. The van der Waals surface area contributed by atoms with Crippen molar-refractivity contribution >= 4 is 33.2 Å². The van der Waals surface area contributed by atoms with Crippen LogP contribution in [0.15, 0.2) is 70.5 Å². The van der Waals surface area contributed by atoms with Crippen molar-refractivity contribution in [2.45, 2.75) is 9.79 Å². The highest BCUT2D eigenvalue weighted by molar-refractivity contribution is 7.91. The fourth-order valence-electron chi connectivity index (χ4n) is 3.21. The third kappa shape index (κ3) is 3.76. The minimum absolute atomic E-state index is 0.0385. The number of esters is 1. The van der Waals surface area contributed by atoms with Gasteiger partial charge in [-0.05, 0) is 42.5 Å². The average molecular weight is 457 g/mol. The lowest BCUT2D eigenvalue weighted by Crippen LogP contribution is -2.23. The fourth-order valence-corrected chi connectivity index (χ4v) is 4.88. The molecule has 1 amide bonds. The second kappa shape index (κ2) is 7.97. The Bertz CT molecular complexity index is 1400. The molecule has 0 fully saturated rings. The molecule has 162 valence electrons. The van der Waals surface area contributed by atoms with E-state index in [-0.39, 0.29) is 26.5 Å². The summed E-state index contributed by atoms with van der Waals surface area (Å²) in [6, 6.07) is 11.6. The molecule has 0 atom stereocenters. The number of ether oxygens (including phenoxy) is 1. The number of amides is 1. The van der Waals surface area contributed by atoms with Crippen molar-refractivity contribution in [3.05, 3.63) is 89.0 Å². The van der Waals surface area contributed by atoms with Crippen molar-refractivity contribution in [2.75, 3.05) is 11.9 Å². The summed E-state index contributed by atoms with van der Waals surface area (Å²) in [4.78, 5) is 36.4. The van der Waals surface area contributed by atoms with Gasteiger partial charge in [0.05, 0.1) is 21.0 Å². The number of carbonyl (C=O) groups is 3. The summed E-state index contributed by atoms with van der Waals surface area (Å²) in [6.07, 6.45) is 0. The van der Waals surface area contributed by atoms with Gasteiger partial charge in [0, 0.05) is 17.2 Å². The lowest BCUT2D eigenvalue weighted by Gasteiger charge is -2.19. The molecule has 0 radical (unpaired) electrons. The molecule has 7 nitrogen and oxygen atoms in total. The highest BCUT2D eigenvalue weighted by Gasteiger charge is 2.35. The minimum atomic E-state index is -4.06. The number of ketones is 1. The van der Waals surface area contributed by atoms with Crippen molar-refractivity contribution < 1.29 is 36.3 Å². The van der Waals surface area contributed by atoms with Crippen LogP contribution >= 0.6 is 0 Å². The topological polar surface area (TPSA) is 107 Å². The quantitative estimate of drug-likeness (QED) is 0.472. The number of fused-ring (bicyclic) bond motifs is 2. The minimum Gasteiger partial charge on any atom is -0.452 e. The Morgan fingerprint density at radius 3 is 2.41 bits per heavy atom. The zero-order chi connectivity index (χ0) is 23.0. The first-order valence-electron chi connectivity index (χ1n) is 9.13. The summed E-state index contributed by atoms with van der Waals surface area (Å²) in [5, 5.41) is 2.07. The standard InChI is InChI=1S/C22H13F2NO6S/c23-13-6-8-16(24)17(10-13)25-20(26)11-31-22(28)12-5-7-15-19(9-12)32(29,30)18-4-2-1-3-14(18)21(15)27/h1-10H,11H2,(H,25,26). The molecule has 0 aromatic heterocycles. The second-order valence-corrected chi connectivity index (χ2v) is 8.67. The van der Waals surface area contributed by atoms with Gasteiger partial charge >= 0.3 is 5.97 Å². The van der Waals surface area contributed by atoms with Crippen molar-refractivity contribution in [1.82, 2.24) is 0 Å². The van der Waals surface area contributed by atoms with Crippen LogP contribution in [0.5, 0.6) is 0 Å². The fraction of sp³-hybridized carbons (Fsp3) is 0.0455. The van der Waals surface area contributed by atoms with E-state index in [0.29, 0.717) is 0 Å². The maximum absolute atomic E-state index is 13.6. The molecule has 3 aromatic carbocycles. The van der Waals surface area contributed by atoms with Crippen LogP contribution in [0.3, 0.4) is 0 Å². The average Bonchev–Trinajstić information content (AvgIpc) is 2.78. The van der Waals surface area contributed by atoms with Gasteiger partial charge < -0.3 is 10.1 Å². The lowest BCUT2D eigenvalue weighted by molar-refractivity contribution is -0.119. The van der Waals surface area contributed by atoms with E-state index in [4.69, 9.17) is 4.74 Å². The van der Waals surface area contributed by atoms with Crippen molar-refractivity contribution in [3.8, 4) is 0 Å². The van der Waals surface area contributed by atoms with Crippen LogP contribution in [0.1, 0.15) is 26.3 Å². The summed E-state index contributed by atoms with van der Waals surface area (Å²) in [5.41, 5.74) is -0.677. The van der Waals surface area contributed by atoms with Crippen LogP contribution in [-0.4, -0.2) is 32.7 Å². The van der Waals surface area contributed by atoms with E-state index < -0.39 is 51.4 Å². The zero-order valence-electron chi connectivity index (χ0n) is 16.1.